The molecule has 0 aliphatic heterocycles. The molecule has 1 aromatic rings. The van der Waals surface area contributed by atoms with Crippen molar-refractivity contribution in [2.24, 2.45) is 11.8 Å². The maximum atomic E-state index is 11.7. The van der Waals surface area contributed by atoms with Crippen LogP contribution in [0.25, 0.3) is 0 Å². The van der Waals surface area contributed by atoms with Crippen molar-refractivity contribution in [2.75, 3.05) is 6.54 Å². The normalized spacial score (nSPS) is 11.9. The average molecular weight is 244 g/mol. The molecule has 0 aliphatic rings. The van der Waals surface area contributed by atoms with Crippen LogP contribution in [0.15, 0.2) is 24.3 Å². The quantitative estimate of drug-likeness (QED) is 0.865. The topological polar surface area (TPSA) is 52.9 Å². The molecule has 96 valence electrons. The number of hydrogen-bond donors (Lipinski definition) is 1. The van der Waals surface area contributed by atoms with Gasteiger partial charge in [-0.3, -0.25) is 4.79 Å². The van der Waals surface area contributed by atoms with E-state index in [-0.39, 0.29) is 5.91 Å². The van der Waals surface area contributed by atoms with Gasteiger partial charge in [-0.1, -0.05) is 32.9 Å². The molecule has 0 spiro atoms. The maximum Gasteiger partial charge on any atom is 0.224 e. The number of hydrogen-bond acceptors (Lipinski definition) is 2. The summed E-state index contributed by atoms with van der Waals surface area (Å²) in [5.41, 5.74) is 1.55. The number of nitriles is 1. The molecule has 0 saturated carbocycles. The van der Waals surface area contributed by atoms with Crippen molar-refractivity contribution >= 4 is 5.91 Å². The summed E-state index contributed by atoms with van der Waals surface area (Å²) in [7, 11) is 0. The van der Waals surface area contributed by atoms with Crippen LogP contribution in [0.2, 0.25) is 0 Å². The van der Waals surface area contributed by atoms with Gasteiger partial charge in [-0.2, -0.15) is 5.26 Å². The third-order valence-corrected chi connectivity index (χ3v) is 3.21. The van der Waals surface area contributed by atoms with E-state index in [0.717, 1.165) is 5.56 Å². The third-order valence-electron chi connectivity index (χ3n) is 3.21. The number of amides is 1. The van der Waals surface area contributed by atoms with Gasteiger partial charge in [0.1, 0.15) is 0 Å². The van der Waals surface area contributed by atoms with Crippen molar-refractivity contribution in [3.63, 3.8) is 0 Å². The van der Waals surface area contributed by atoms with Crippen molar-refractivity contribution in [3.05, 3.63) is 35.4 Å². The standard InChI is InChI=1S/C15H20N2O/c1-11(2)12(3)10-17-15(18)8-13-4-6-14(9-16)7-5-13/h4-7,11-12H,8,10H2,1-3H3,(H,17,18). The zero-order chi connectivity index (χ0) is 13.5. The van der Waals surface area contributed by atoms with E-state index in [9.17, 15) is 4.79 Å². The molecule has 0 radical (unpaired) electrons. The van der Waals surface area contributed by atoms with Gasteiger partial charge in [-0.25, -0.2) is 0 Å². The first-order valence-corrected chi connectivity index (χ1v) is 6.28. The zero-order valence-electron chi connectivity index (χ0n) is 11.2. The van der Waals surface area contributed by atoms with Gasteiger partial charge in [0.25, 0.3) is 0 Å². The van der Waals surface area contributed by atoms with Gasteiger partial charge < -0.3 is 5.32 Å². The third kappa shape index (κ3) is 4.58. The van der Waals surface area contributed by atoms with Crippen molar-refractivity contribution in [2.45, 2.75) is 27.2 Å². The Morgan fingerprint density at radius 2 is 1.89 bits per heavy atom. The summed E-state index contributed by atoms with van der Waals surface area (Å²) in [5, 5.41) is 11.6. The van der Waals surface area contributed by atoms with Crippen LogP contribution in [0.3, 0.4) is 0 Å². The summed E-state index contributed by atoms with van der Waals surface area (Å²) in [6.07, 6.45) is 0.372. The highest BCUT2D eigenvalue weighted by molar-refractivity contribution is 5.78. The molecule has 1 aromatic carbocycles. The van der Waals surface area contributed by atoms with Crippen molar-refractivity contribution < 1.29 is 4.79 Å². The zero-order valence-corrected chi connectivity index (χ0v) is 11.2. The molecule has 1 rings (SSSR count). The molecule has 1 N–H and O–H groups in total. The Hall–Kier alpha value is -1.82. The van der Waals surface area contributed by atoms with E-state index in [2.05, 4.69) is 32.2 Å². The molecule has 0 bridgehead atoms. The molecule has 1 unspecified atom stereocenters. The molecule has 18 heavy (non-hydrogen) atoms. The van der Waals surface area contributed by atoms with Crippen LogP contribution in [0.5, 0.6) is 0 Å². The summed E-state index contributed by atoms with van der Waals surface area (Å²) in [6.45, 7) is 7.15. The summed E-state index contributed by atoms with van der Waals surface area (Å²) in [4.78, 5) is 11.7. The van der Waals surface area contributed by atoms with Crippen LogP contribution < -0.4 is 5.32 Å². The van der Waals surface area contributed by atoms with E-state index in [0.29, 0.717) is 30.4 Å². The summed E-state index contributed by atoms with van der Waals surface area (Å²) >= 11 is 0. The fourth-order valence-corrected chi connectivity index (χ4v) is 1.46. The molecule has 1 amide bonds. The SMILES string of the molecule is CC(C)C(C)CNC(=O)Cc1ccc(C#N)cc1. The molecule has 0 fully saturated rings. The van der Waals surface area contributed by atoms with E-state index in [1.807, 2.05) is 12.1 Å². The van der Waals surface area contributed by atoms with Crippen molar-refractivity contribution in [1.29, 1.82) is 5.26 Å². The maximum absolute atomic E-state index is 11.7. The lowest BCUT2D eigenvalue weighted by atomic mass is 9.98. The monoisotopic (exact) mass is 244 g/mol. The van der Waals surface area contributed by atoms with E-state index in [1.165, 1.54) is 0 Å². The van der Waals surface area contributed by atoms with Gasteiger partial charge in [0.05, 0.1) is 18.1 Å². The second-order valence-electron chi connectivity index (χ2n) is 5.01. The van der Waals surface area contributed by atoms with E-state index < -0.39 is 0 Å². The Kier molecular flexibility index (Phi) is 5.38. The van der Waals surface area contributed by atoms with Crippen LogP contribution in [0, 0.1) is 23.2 Å². The molecular formula is C15H20N2O. The molecular weight excluding hydrogens is 224 g/mol. The van der Waals surface area contributed by atoms with Crippen LogP contribution in [0.1, 0.15) is 31.9 Å². The van der Waals surface area contributed by atoms with Gasteiger partial charge in [0, 0.05) is 6.54 Å². The number of rotatable bonds is 5. The molecule has 0 heterocycles. The Morgan fingerprint density at radius 3 is 2.39 bits per heavy atom. The van der Waals surface area contributed by atoms with Crippen molar-refractivity contribution in [1.82, 2.24) is 5.32 Å². The first-order chi connectivity index (χ1) is 8.52. The largest absolute Gasteiger partial charge is 0.356 e. The van der Waals surface area contributed by atoms with Crippen LogP contribution >= 0.6 is 0 Å². The molecule has 3 heteroatoms. The smallest absolute Gasteiger partial charge is 0.224 e. The van der Waals surface area contributed by atoms with Crippen LogP contribution in [-0.4, -0.2) is 12.5 Å². The first kappa shape index (κ1) is 14.2. The Labute approximate surface area is 109 Å². The van der Waals surface area contributed by atoms with Crippen LogP contribution in [0.4, 0.5) is 0 Å². The van der Waals surface area contributed by atoms with E-state index >= 15 is 0 Å². The lowest BCUT2D eigenvalue weighted by Crippen LogP contribution is -2.31. The van der Waals surface area contributed by atoms with Gasteiger partial charge in [-0.15, -0.1) is 0 Å². The highest BCUT2D eigenvalue weighted by atomic mass is 16.1. The van der Waals surface area contributed by atoms with Gasteiger partial charge >= 0.3 is 0 Å². The van der Waals surface area contributed by atoms with Crippen molar-refractivity contribution in [3.8, 4) is 6.07 Å². The Morgan fingerprint density at radius 1 is 1.28 bits per heavy atom. The van der Waals surface area contributed by atoms with Crippen LogP contribution in [-0.2, 0) is 11.2 Å². The van der Waals surface area contributed by atoms with Gasteiger partial charge in [0.15, 0.2) is 0 Å². The highest BCUT2D eigenvalue weighted by Crippen LogP contribution is 2.08. The second-order valence-corrected chi connectivity index (χ2v) is 5.01. The predicted molar refractivity (Wildman–Crippen MR) is 71.9 cm³/mol. The minimum absolute atomic E-state index is 0.0345. The lowest BCUT2D eigenvalue weighted by Gasteiger charge is -2.16. The minimum Gasteiger partial charge on any atom is -0.356 e. The minimum atomic E-state index is 0.0345. The first-order valence-electron chi connectivity index (χ1n) is 6.28. The Balaban J connectivity index is 2.42. The number of benzene rings is 1. The number of nitrogens with zero attached hydrogens (tertiary/aromatic N) is 1. The number of carbonyl (C=O) groups is 1. The summed E-state index contributed by atoms with van der Waals surface area (Å²) in [5.74, 6) is 1.09. The lowest BCUT2D eigenvalue weighted by molar-refractivity contribution is -0.120. The summed E-state index contributed by atoms with van der Waals surface area (Å²) in [6, 6.07) is 9.18. The molecule has 3 nitrogen and oxygen atoms in total. The fraction of sp³-hybridized carbons (Fsp3) is 0.467. The highest BCUT2D eigenvalue weighted by Gasteiger charge is 2.09. The predicted octanol–water partition coefficient (Wildman–Crippen LogP) is 2.51. The van der Waals surface area contributed by atoms with Gasteiger partial charge in [0.2, 0.25) is 5.91 Å². The molecule has 1 atom stereocenters. The number of nitrogens with one attached hydrogen (secondary N) is 1. The van der Waals surface area contributed by atoms with Gasteiger partial charge in [-0.05, 0) is 29.5 Å². The van der Waals surface area contributed by atoms with E-state index in [4.69, 9.17) is 5.26 Å². The molecule has 0 saturated heterocycles. The van der Waals surface area contributed by atoms with E-state index in [1.54, 1.807) is 12.1 Å². The fourth-order valence-electron chi connectivity index (χ4n) is 1.46. The number of carbonyl (C=O) groups excluding carboxylic acids is 1. The molecule has 0 aromatic heterocycles. The second kappa shape index (κ2) is 6.80. The summed E-state index contributed by atoms with van der Waals surface area (Å²) < 4.78 is 0. The molecule has 0 aliphatic carbocycles. The Bertz CT molecular complexity index is 429. The average Bonchev–Trinajstić information content (AvgIpc) is 2.36.